The van der Waals surface area contributed by atoms with Crippen molar-refractivity contribution >= 4 is 29.8 Å². The van der Waals surface area contributed by atoms with Crippen molar-refractivity contribution in [3.63, 3.8) is 0 Å². The van der Waals surface area contributed by atoms with Gasteiger partial charge in [-0.3, -0.25) is 4.79 Å². The number of hydrogen-bond donors (Lipinski definition) is 1. The van der Waals surface area contributed by atoms with Crippen molar-refractivity contribution in [3.8, 4) is 5.75 Å². The average molecular weight is 528 g/mol. The van der Waals surface area contributed by atoms with E-state index in [9.17, 15) is 9.59 Å². The minimum atomic E-state index is -0.893. The molecule has 1 heterocycles. The van der Waals surface area contributed by atoms with E-state index in [4.69, 9.17) is 19.6 Å². The van der Waals surface area contributed by atoms with Crippen molar-refractivity contribution in [1.82, 2.24) is 4.98 Å². The van der Waals surface area contributed by atoms with E-state index >= 15 is 0 Å². The normalized spacial score (nSPS) is 11.1. The molecule has 0 atom stereocenters. The van der Waals surface area contributed by atoms with Gasteiger partial charge in [-0.15, -0.1) is 11.8 Å². The zero-order chi connectivity index (χ0) is 26.7. The molecule has 0 fully saturated rings. The van der Waals surface area contributed by atoms with Crippen molar-refractivity contribution in [2.45, 2.75) is 88.2 Å². The van der Waals surface area contributed by atoms with Gasteiger partial charge in [0.1, 0.15) is 11.4 Å². The van der Waals surface area contributed by atoms with Crippen LogP contribution in [0.2, 0.25) is 0 Å². The molecule has 0 saturated carbocycles. The molecule has 2 rings (SSSR count). The summed E-state index contributed by atoms with van der Waals surface area (Å²) in [5.41, 5.74) is 1.95. The number of aliphatic carboxylic acids is 1. The number of rotatable bonds is 19. The number of pyridine rings is 1. The van der Waals surface area contributed by atoms with Gasteiger partial charge in [-0.2, -0.15) is 0 Å². The molecular formula is C30H41NO5S. The predicted octanol–water partition coefficient (Wildman–Crippen LogP) is 7.95. The maximum atomic E-state index is 12.0. The first-order chi connectivity index (χ1) is 18.0. The highest BCUT2D eigenvalue weighted by Gasteiger charge is 2.12. The molecule has 6 nitrogen and oxygen atoms in total. The summed E-state index contributed by atoms with van der Waals surface area (Å²) < 4.78 is 10.9. The summed E-state index contributed by atoms with van der Waals surface area (Å²) in [5, 5.41) is 8.99. The summed E-state index contributed by atoms with van der Waals surface area (Å²) in [5.74, 6) is -0.0625. The van der Waals surface area contributed by atoms with Crippen LogP contribution in [-0.4, -0.2) is 35.7 Å². The lowest BCUT2D eigenvalue weighted by Crippen LogP contribution is -2.03. The van der Waals surface area contributed by atoms with Gasteiger partial charge < -0.3 is 14.6 Å². The van der Waals surface area contributed by atoms with Crippen molar-refractivity contribution in [2.24, 2.45) is 0 Å². The van der Waals surface area contributed by atoms with Crippen LogP contribution in [0, 0.1) is 0 Å². The van der Waals surface area contributed by atoms with Gasteiger partial charge >= 0.3 is 11.9 Å². The molecule has 0 radical (unpaired) electrons. The van der Waals surface area contributed by atoms with Crippen molar-refractivity contribution < 1.29 is 24.2 Å². The topological polar surface area (TPSA) is 85.7 Å². The van der Waals surface area contributed by atoms with Gasteiger partial charge in [0.05, 0.1) is 31.4 Å². The second-order valence-corrected chi connectivity index (χ2v) is 10.0. The number of carbonyl (C=O) groups excluding carboxylic acids is 1. The molecule has 0 unspecified atom stereocenters. The van der Waals surface area contributed by atoms with E-state index in [1.165, 1.54) is 70.2 Å². The number of methoxy groups -OCH3 is 1. The number of carboxylic acids is 1. The first-order valence-corrected chi connectivity index (χ1v) is 14.3. The Morgan fingerprint density at radius 1 is 0.946 bits per heavy atom. The zero-order valence-corrected chi connectivity index (χ0v) is 23.1. The van der Waals surface area contributed by atoms with E-state index < -0.39 is 5.97 Å². The highest BCUT2D eigenvalue weighted by molar-refractivity contribution is 7.98. The number of thioether (sulfide) groups is 1. The summed E-state index contributed by atoms with van der Waals surface area (Å²) >= 11 is 1.50. The maximum absolute atomic E-state index is 12.0. The summed E-state index contributed by atoms with van der Waals surface area (Å²) in [6, 6.07) is 11.1. The van der Waals surface area contributed by atoms with Crippen LogP contribution in [-0.2, 0) is 15.3 Å². The monoisotopic (exact) mass is 527 g/mol. The van der Waals surface area contributed by atoms with E-state index in [-0.39, 0.29) is 12.4 Å². The standard InChI is InChI=1S/C30H41NO5S/c1-3-4-5-6-7-8-9-10-11-14-22-36-27-21-20-24(31-26(27)17-15-19-29(32)33)23-37-28-18-13-12-16-25(28)30(34)35-2/h12-13,15-18,20-21H,3-11,14,19,22-23H2,1-2H3,(H,32,33). The van der Waals surface area contributed by atoms with Gasteiger partial charge in [-0.25, -0.2) is 9.78 Å². The molecule has 0 aliphatic heterocycles. The fraction of sp³-hybridized carbons (Fsp3) is 0.500. The van der Waals surface area contributed by atoms with Crippen LogP contribution in [0.25, 0.3) is 6.08 Å². The number of benzene rings is 1. The van der Waals surface area contributed by atoms with Crippen LogP contribution >= 0.6 is 11.8 Å². The number of unbranched alkanes of at least 4 members (excludes halogenated alkanes) is 9. The molecule has 1 N–H and O–H groups in total. The first-order valence-electron chi connectivity index (χ1n) is 13.4. The Morgan fingerprint density at radius 3 is 2.30 bits per heavy atom. The highest BCUT2D eigenvalue weighted by Crippen LogP contribution is 2.28. The lowest BCUT2D eigenvalue weighted by Gasteiger charge is -2.11. The van der Waals surface area contributed by atoms with Gasteiger partial charge in [-0.05, 0) is 36.8 Å². The highest BCUT2D eigenvalue weighted by atomic mass is 32.2. The molecule has 0 bridgehead atoms. The van der Waals surface area contributed by atoms with E-state index in [1.807, 2.05) is 24.3 Å². The molecule has 0 aliphatic carbocycles. The van der Waals surface area contributed by atoms with E-state index in [2.05, 4.69) is 6.92 Å². The molecule has 2 aromatic rings. The third-order valence-corrected chi connectivity index (χ3v) is 7.04. The molecule has 37 heavy (non-hydrogen) atoms. The SMILES string of the molecule is CCCCCCCCCCCCOc1ccc(CSc2ccccc2C(=O)OC)nc1C=CCC(=O)O. The fourth-order valence-corrected chi connectivity index (χ4v) is 4.84. The van der Waals surface area contributed by atoms with Crippen LogP contribution < -0.4 is 4.74 Å². The third kappa shape index (κ3) is 12.3. The van der Waals surface area contributed by atoms with Gasteiger partial charge in [0.2, 0.25) is 0 Å². The largest absolute Gasteiger partial charge is 0.491 e. The Morgan fingerprint density at radius 2 is 1.62 bits per heavy atom. The second-order valence-electron chi connectivity index (χ2n) is 8.99. The van der Waals surface area contributed by atoms with Gasteiger partial charge in [-0.1, -0.05) is 82.9 Å². The van der Waals surface area contributed by atoms with Crippen LogP contribution in [0.5, 0.6) is 5.75 Å². The van der Waals surface area contributed by atoms with Crippen LogP contribution in [0.1, 0.15) is 99.3 Å². The second kappa shape index (κ2) is 18.4. The summed E-state index contributed by atoms with van der Waals surface area (Å²) in [6.07, 6.45) is 15.9. The number of carbonyl (C=O) groups is 2. The minimum absolute atomic E-state index is 0.0783. The van der Waals surface area contributed by atoms with Crippen LogP contribution in [0.4, 0.5) is 0 Å². The molecule has 0 amide bonds. The smallest absolute Gasteiger partial charge is 0.338 e. The van der Waals surface area contributed by atoms with Crippen molar-refractivity contribution in [1.29, 1.82) is 0 Å². The maximum Gasteiger partial charge on any atom is 0.338 e. The van der Waals surface area contributed by atoms with Gasteiger partial charge in [0.15, 0.2) is 0 Å². The molecular weight excluding hydrogens is 486 g/mol. The molecule has 0 aliphatic rings. The van der Waals surface area contributed by atoms with Gasteiger partial charge in [0, 0.05) is 10.6 Å². The molecule has 1 aromatic carbocycles. The Balaban J connectivity index is 1.89. The van der Waals surface area contributed by atoms with Crippen molar-refractivity contribution in [2.75, 3.05) is 13.7 Å². The van der Waals surface area contributed by atoms with Gasteiger partial charge in [0.25, 0.3) is 0 Å². The first kappa shape index (κ1) is 30.4. The summed E-state index contributed by atoms with van der Waals surface area (Å²) in [7, 11) is 1.37. The van der Waals surface area contributed by atoms with E-state index in [0.717, 1.165) is 23.4 Å². The lowest BCUT2D eigenvalue weighted by molar-refractivity contribution is -0.135. The fourth-order valence-electron chi connectivity index (χ4n) is 3.89. The Bertz CT molecular complexity index is 992. The molecule has 0 spiro atoms. The number of hydrogen-bond acceptors (Lipinski definition) is 6. The zero-order valence-electron chi connectivity index (χ0n) is 22.2. The lowest BCUT2D eigenvalue weighted by atomic mass is 10.1. The quantitative estimate of drug-likeness (QED) is 0.113. The van der Waals surface area contributed by atoms with Crippen LogP contribution in [0.3, 0.4) is 0 Å². The predicted molar refractivity (Wildman–Crippen MR) is 150 cm³/mol. The molecule has 202 valence electrons. The number of ether oxygens (including phenoxy) is 2. The van der Waals surface area contributed by atoms with E-state index in [0.29, 0.717) is 29.4 Å². The number of aromatic nitrogens is 1. The Hall–Kier alpha value is -2.80. The van der Waals surface area contributed by atoms with Crippen molar-refractivity contribution in [3.05, 3.63) is 59.4 Å². The molecule has 7 heteroatoms. The Kier molecular flexibility index (Phi) is 15.2. The summed E-state index contributed by atoms with van der Waals surface area (Å²) in [6.45, 7) is 2.86. The van der Waals surface area contributed by atoms with Crippen LogP contribution in [0.15, 0.2) is 47.4 Å². The molecule has 0 saturated heterocycles. The third-order valence-electron chi connectivity index (χ3n) is 5.94. The van der Waals surface area contributed by atoms with E-state index in [1.54, 1.807) is 24.3 Å². The number of carboxylic acid groups (broad SMARTS) is 1. The average Bonchev–Trinajstić information content (AvgIpc) is 2.91. The molecule has 1 aromatic heterocycles. The Labute approximate surface area is 225 Å². The minimum Gasteiger partial charge on any atom is -0.491 e. The summed E-state index contributed by atoms with van der Waals surface area (Å²) in [4.78, 5) is 28.5. The number of esters is 1. The number of nitrogens with zero attached hydrogens (tertiary/aromatic N) is 1.